The molecule has 0 aromatic carbocycles. The van der Waals surface area contributed by atoms with Crippen molar-refractivity contribution in [3.05, 3.63) is 60.7 Å². The number of hydrogen-bond donors (Lipinski definition) is 0. The SMILES string of the molecule is CCCCc1cc(-c2cnccn2)[n-]n1.CCCCc1cc(-c2cnccn2)[n-]n1.[Pt+2]. The van der Waals surface area contributed by atoms with Crippen LogP contribution in [0.2, 0.25) is 0 Å². The van der Waals surface area contributed by atoms with Crippen LogP contribution in [0, 0.1) is 0 Å². The summed E-state index contributed by atoms with van der Waals surface area (Å²) in [6, 6.07) is 3.97. The van der Waals surface area contributed by atoms with Crippen LogP contribution in [0.25, 0.3) is 22.8 Å². The Morgan fingerprint density at radius 2 is 1.13 bits per heavy atom. The Labute approximate surface area is 197 Å². The third-order valence-electron chi connectivity index (χ3n) is 4.40. The minimum absolute atomic E-state index is 0. The molecule has 0 saturated carbocycles. The molecule has 0 atom stereocenters. The van der Waals surface area contributed by atoms with E-state index in [1.54, 1.807) is 37.2 Å². The van der Waals surface area contributed by atoms with E-state index in [1.165, 1.54) is 12.8 Å². The average Bonchev–Trinajstić information content (AvgIpc) is 3.48. The van der Waals surface area contributed by atoms with E-state index in [4.69, 9.17) is 0 Å². The van der Waals surface area contributed by atoms with Gasteiger partial charge < -0.3 is 20.4 Å². The first-order valence-corrected chi connectivity index (χ1v) is 10.3. The normalized spacial score (nSPS) is 10.1. The number of aromatic nitrogens is 8. The van der Waals surface area contributed by atoms with Gasteiger partial charge in [-0.3, -0.25) is 19.9 Å². The Balaban J connectivity index is 0.000000213. The predicted molar refractivity (Wildman–Crippen MR) is 114 cm³/mol. The van der Waals surface area contributed by atoms with Crippen molar-refractivity contribution in [1.82, 2.24) is 40.3 Å². The first kappa shape index (κ1) is 24.5. The fourth-order valence-corrected chi connectivity index (χ4v) is 2.74. The van der Waals surface area contributed by atoms with Crippen molar-refractivity contribution in [3.63, 3.8) is 0 Å². The number of rotatable bonds is 8. The van der Waals surface area contributed by atoms with Crippen LogP contribution >= 0.6 is 0 Å². The van der Waals surface area contributed by atoms with Crippen molar-refractivity contribution in [2.75, 3.05) is 0 Å². The molecule has 31 heavy (non-hydrogen) atoms. The minimum Gasteiger partial charge on any atom is -0.573 e. The Bertz CT molecular complexity index is 903. The van der Waals surface area contributed by atoms with Crippen LogP contribution in [0.1, 0.15) is 50.9 Å². The van der Waals surface area contributed by atoms with Gasteiger partial charge in [0.25, 0.3) is 0 Å². The van der Waals surface area contributed by atoms with Crippen molar-refractivity contribution in [1.29, 1.82) is 0 Å². The fourth-order valence-electron chi connectivity index (χ4n) is 2.74. The molecular weight excluding hydrogens is 571 g/mol. The molecule has 4 aromatic rings. The van der Waals surface area contributed by atoms with Gasteiger partial charge in [-0.05, 0) is 25.7 Å². The Hall–Kier alpha value is -2.73. The molecule has 0 aliphatic rings. The molecule has 0 aliphatic carbocycles. The molecule has 0 aliphatic heterocycles. The van der Waals surface area contributed by atoms with Gasteiger partial charge in [0.2, 0.25) is 0 Å². The minimum atomic E-state index is 0. The summed E-state index contributed by atoms with van der Waals surface area (Å²) in [6.07, 6.45) is 16.7. The molecule has 9 heteroatoms. The van der Waals surface area contributed by atoms with Gasteiger partial charge in [-0.25, -0.2) is 0 Å². The Morgan fingerprint density at radius 3 is 1.48 bits per heavy atom. The van der Waals surface area contributed by atoms with Gasteiger partial charge in [-0.2, -0.15) is 0 Å². The van der Waals surface area contributed by atoms with Crippen molar-refractivity contribution in [3.8, 4) is 22.8 Å². The number of hydrogen-bond acceptors (Lipinski definition) is 6. The second-order valence-corrected chi connectivity index (χ2v) is 6.83. The quantitative estimate of drug-likeness (QED) is 0.303. The van der Waals surface area contributed by atoms with Crippen LogP contribution in [0.15, 0.2) is 49.3 Å². The zero-order chi connectivity index (χ0) is 21.0. The third-order valence-corrected chi connectivity index (χ3v) is 4.40. The Morgan fingerprint density at radius 1 is 0.677 bits per heavy atom. The summed E-state index contributed by atoms with van der Waals surface area (Å²) in [5.74, 6) is 0. The first-order valence-electron chi connectivity index (χ1n) is 10.3. The smallest absolute Gasteiger partial charge is 0.573 e. The molecule has 0 amide bonds. The Kier molecular flexibility index (Phi) is 10.7. The summed E-state index contributed by atoms with van der Waals surface area (Å²) < 4.78 is 0. The fraction of sp³-hybridized carbons (Fsp3) is 0.364. The van der Waals surface area contributed by atoms with E-state index < -0.39 is 0 Å². The predicted octanol–water partition coefficient (Wildman–Crippen LogP) is 3.67. The monoisotopic (exact) mass is 597 g/mol. The summed E-state index contributed by atoms with van der Waals surface area (Å²) in [7, 11) is 0. The molecule has 4 aromatic heterocycles. The van der Waals surface area contributed by atoms with Crippen LogP contribution in [0.5, 0.6) is 0 Å². The molecule has 0 spiro atoms. The second-order valence-electron chi connectivity index (χ2n) is 6.83. The topological polar surface area (TPSA) is 106 Å². The van der Waals surface area contributed by atoms with E-state index in [-0.39, 0.29) is 21.1 Å². The average molecular weight is 598 g/mol. The maximum atomic E-state index is 4.18. The van der Waals surface area contributed by atoms with E-state index in [2.05, 4.69) is 54.2 Å². The molecule has 0 fully saturated rings. The summed E-state index contributed by atoms with van der Waals surface area (Å²) >= 11 is 0. The van der Waals surface area contributed by atoms with Crippen LogP contribution in [0.4, 0.5) is 0 Å². The largest absolute Gasteiger partial charge is 2.00 e. The van der Waals surface area contributed by atoms with E-state index in [0.717, 1.165) is 59.8 Å². The number of aryl methyl sites for hydroxylation is 2. The summed E-state index contributed by atoms with van der Waals surface area (Å²) in [6.45, 7) is 4.33. The summed E-state index contributed by atoms with van der Waals surface area (Å²) in [5, 5.41) is 16.4. The van der Waals surface area contributed by atoms with Gasteiger partial charge in [-0.15, -0.1) is 0 Å². The molecular formula is C22H26N8Pt. The van der Waals surface area contributed by atoms with Crippen LogP contribution in [0.3, 0.4) is 0 Å². The van der Waals surface area contributed by atoms with Gasteiger partial charge in [0.1, 0.15) is 0 Å². The van der Waals surface area contributed by atoms with Crippen molar-refractivity contribution >= 4 is 0 Å². The number of nitrogens with zero attached hydrogens (tertiary/aromatic N) is 8. The molecule has 0 saturated heterocycles. The first-order chi connectivity index (χ1) is 14.8. The van der Waals surface area contributed by atoms with Gasteiger partial charge in [0, 0.05) is 36.2 Å². The van der Waals surface area contributed by atoms with E-state index in [0.29, 0.717) is 0 Å². The van der Waals surface area contributed by atoms with E-state index >= 15 is 0 Å². The molecule has 0 N–H and O–H groups in total. The molecule has 0 radical (unpaired) electrons. The molecule has 0 unspecified atom stereocenters. The zero-order valence-electron chi connectivity index (χ0n) is 17.8. The maximum absolute atomic E-state index is 4.18. The maximum Gasteiger partial charge on any atom is 2.00 e. The summed E-state index contributed by atoms with van der Waals surface area (Å²) in [5.41, 5.74) is 5.28. The molecule has 4 heterocycles. The van der Waals surface area contributed by atoms with Crippen LogP contribution in [-0.4, -0.2) is 30.1 Å². The van der Waals surface area contributed by atoms with E-state index in [1.807, 2.05) is 12.1 Å². The van der Waals surface area contributed by atoms with Crippen molar-refractivity contribution in [2.24, 2.45) is 0 Å². The van der Waals surface area contributed by atoms with Crippen molar-refractivity contribution in [2.45, 2.75) is 52.4 Å². The van der Waals surface area contributed by atoms with Crippen molar-refractivity contribution < 1.29 is 21.1 Å². The van der Waals surface area contributed by atoms with Gasteiger partial charge in [0.05, 0.1) is 23.8 Å². The number of unbranched alkanes of at least 4 members (excludes halogenated alkanes) is 2. The molecule has 0 bridgehead atoms. The molecule has 8 nitrogen and oxygen atoms in total. The van der Waals surface area contributed by atoms with Gasteiger partial charge >= 0.3 is 21.1 Å². The zero-order valence-corrected chi connectivity index (χ0v) is 20.0. The second kappa shape index (κ2) is 13.5. The third kappa shape index (κ3) is 7.79. The van der Waals surface area contributed by atoms with Gasteiger partial charge in [0.15, 0.2) is 0 Å². The van der Waals surface area contributed by atoms with Gasteiger partial charge in [-0.1, -0.05) is 50.2 Å². The molecule has 4 rings (SSSR count). The molecule has 164 valence electrons. The van der Waals surface area contributed by atoms with Crippen LogP contribution in [-0.2, 0) is 33.9 Å². The van der Waals surface area contributed by atoms with E-state index in [9.17, 15) is 0 Å². The standard InChI is InChI=1S/2C11H13N4.Pt/c2*1-2-3-4-9-7-10(15-14-9)11-8-12-5-6-13-11;/h2*5-8H,2-4H2,1H3;/q2*-1;+2. The summed E-state index contributed by atoms with van der Waals surface area (Å²) in [4.78, 5) is 16.4. The van der Waals surface area contributed by atoms with Crippen LogP contribution < -0.4 is 10.2 Å².